The van der Waals surface area contributed by atoms with E-state index in [0.29, 0.717) is 25.3 Å². The van der Waals surface area contributed by atoms with E-state index in [2.05, 4.69) is 10.3 Å². The third-order valence-electron chi connectivity index (χ3n) is 2.69. The number of rotatable bonds is 2. The van der Waals surface area contributed by atoms with Gasteiger partial charge in [-0.3, -0.25) is 4.79 Å². The van der Waals surface area contributed by atoms with Crippen molar-refractivity contribution in [3.63, 3.8) is 0 Å². The largest absolute Gasteiger partial charge is 0.315 e. The quantitative estimate of drug-likeness (QED) is 0.779. The zero-order valence-electron chi connectivity index (χ0n) is 9.69. The van der Waals surface area contributed by atoms with Gasteiger partial charge in [0.1, 0.15) is 0 Å². The number of aromatic nitrogens is 1. The van der Waals surface area contributed by atoms with Gasteiger partial charge in [-0.05, 0) is 13.8 Å². The normalized spacial score (nSPS) is 22.8. The van der Waals surface area contributed by atoms with Crippen LogP contribution in [0.1, 0.15) is 12.6 Å². The number of thiazole rings is 1. The Morgan fingerprint density at radius 3 is 2.71 bits per heavy atom. The maximum Gasteiger partial charge on any atom is 0.305 e. The fourth-order valence-corrected chi connectivity index (χ4v) is 4.83. The number of hydrogen-bond acceptors (Lipinski definition) is 5. The van der Waals surface area contributed by atoms with Crippen LogP contribution in [0.3, 0.4) is 0 Å². The van der Waals surface area contributed by atoms with Gasteiger partial charge >= 0.3 is 4.87 Å². The number of aromatic amines is 1. The van der Waals surface area contributed by atoms with Crippen LogP contribution in [-0.2, 0) is 10.0 Å². The molecule has 1 atom stereocenters. The lowest BCUT2D eigenvalue weighted by molar-refractivity contribution is 0.310. The minimum Gasteiger partial charge on any atom is -0.315 e. The molecule has 1 aliphatic heterocycles. The van der Waals surface area contributed by atoms with E-state index in [9.17, 15) is 13.2 Å². The van der Waals surface area contributed by atoms with Crippen molar-refractivity contribution in [2.24, 2.45) is 0 Å². The number of aryl methyl sites for hydroxylation is 1. The number of H-pyrrole nitrogens is 1. The molecule has 0 amide bonds. The van der Waals surface area contributed by atoms with Crippen LogP contribution in [0.5, 0.6) is 0 Å². The van der Waals surface area contributed by atoms with Crippen LogP contribution < -0.4 is 10.2 Å². The summed E-state index contributed by atoms with van der Waals surface area (Å²) in [4.78, 5) is 13.3. The first-order valence-electron chi connectivity index (χ1n) is 5.34. The van der Waals surface area contributed by atoms with Crippen LogP contribution in [0.2, 0.25) is 0 Å². The van der Waals surface area contributed by atoms with Crippen molar-refractivity contribution in [3.8, 4) is 0 Å². The molecule has 0 saturated carbocycles. The van der Waals surface area contributed by atoms with Crippen LogP contribution >= 0.6 is 11.3 Å². The molecule has 1 aliphatic rings. The van der Waals surface area contributed by atoms with E-state index in [0.717, 1.165) is 11.3 Å². The molecule has 0 spiro atoms. The van der Waals surface area contributed by atoms with Gasteiger partial charge in [-0.2, -0.15) is 4.31 Å². The van der Waals surface area contributed by atoms with E-state index >= 15 is 0 Å². The van der Waals surface area contributed by atoms with Crippen LogP contribution in [0, 0.1) is 6.92 Å². The molecule has 1 fully saturated rings. The standard InChI is InChI=1S/C9H15N3O3S2/c1-6-5-12(4-3-10-6)17(14,15)8-7(2)11-9(13)16-8/h6,10H,3-5H2,1-2H3,(H,11,13)/t6-/m1/s1. The van der Waals surface area contributed by atoms with Gasteiger partial charge in [-0.1, -0.05) is 11.3 Å². The first kappa shape index (κ1) is 12.7. The molecule has 0 radical (unpaired) electrons. The smallest absolute Gasteiger partial charge is 0.305 e. The molecule has 0 bridgehead atoms. The first-order chi connectivity index (χ1) is 7.91. The molecule has 0 unspecified atom stereocenters. The Balaban J connectivity index is 2.36. The van der Waals surface area contributed by atoms with Crippen molar-refractivity contribution in [1.82, 2.24) is 14.6 Å². The van der Waals surface area contributed by atoms with Gasteiger partial charge < -0.3 is 10.3 Å². The zero-order valence-corrected chi connectivity index (χ0v) is 11.3. The molecular weight excluding hydrogens is 262 g/mol. The third-order valence-corrected chi connectivity index (χ3v) is 6.13. The summed E-state index contributed by atoms with van der Waals surface area (Å²) in [5.41, 5.74) is 0.422. The number of nitrogens with zero attached hydrogens (tertiary/aromatic N) is 1. The van der Waals surface area contributed by atoms with Crippen LogP contribution in [0.15, 0.2) is 9.00 Å². The summed E-state index contributed by atoms with van der Waals surface area (Å²) in [5, 5.41) is 3.18. The molecule has 8 heteroatoms. The fraction of sp³-hybridized carbons (Fsp3) is 0.667. The Bertz CT molecular complexity index is 560. The molecule has 1 aromatic heterocycles. The van der Waals surface area contributed by atoms with E-state index in [-0.39, 0.29) is 15.1 Å². The van der Waals surface area contributed by atoms with Gasteiger partial charge in [0.15, 0.2) is 4.21 Å². The average Bonchev–Trinajstić information content (AvgIpc) is 2.58. The maximum atomic E-state index is 12.3. The van der Waals surface area contributed by atoms with Crippen LogP contribution in [0.25, 0.3) is 0 Å². The van der Waals surface area contributed by atoms with E-state index in [4.69, 9.17) is 0 Å². The molecule has 1 saturated heterocycles. The summed E-state index contributed by atoms with van der Waals surface area (Å²) in [7, 11) is -3.52. The molecule has 2 rings (SSSR count). The summed E-state index contributed by atoms with van der Waals surface area (Å²) >= 11 is 0.755. The van der Waals surface area contributed by atoms with Crippen molar-refractivity contribution in [2.75, 3.05) is 19.6 Å². The van der Waals surface area contributed by atoms with Crippen LogP contribution in [0.4, 0.5) is 0 Å². The maximum absolute atomic E-state index is 12.3. The average molecular weight is 277 g/mol. The van der Waals surface area contributed by atoms with Gasteiger partial charge in [0.05, 0.1) is 0 Å². The zero-order chi connectivity index (χ0) is 12.6. The monoisotopic (exact) mass is 277 g/mol. The van der Waals surface area contributed by atoms with Crippen molar-refractivity contribution in [1.29, 1.82) is 0 Å². The summed E-state index contributed by atoms with van der Waals surface area (Å²) in [6.45, 7) is 5.06. The van der Waals surface area contributed by atoms with E-state index < -0.39 is 10.0 Å². The van der Waals surface area contributed by atoms with E-state index in [1.807, 2.05) is 6.92 Å². The number of hydrogen-bond donors (Lipinski definition) is 2. The van der Waals surface area contributed by atoms with E-state index in [1.165, 1.54) is 4.31 Å². The number of sulfonamides is 1. The Morgan fingerprint density at radius 2 is 2.18 bits per heavy atom. The fourth-order valence-electron chi connectivity index (χ4n) is 1.87. The highest BCUT2D eigenvalue weighted by molar-refractivity contribution is 7.91. The highest BCUT2D eigenvalue weighted by Crippen LogP contribution is 2.21. The Kier molecular flexibility index (Phi) is 3.39. The highest BCUT2D eigenvalue weighted by atomic mass is 32.2. The predicted molar refractivity (Wildman–Crippen MR) is 65.9 cm³/mol. The van der Waals surface area contributed by atoms with E-state index in [1.54, 1.807) is 6.92 Å². The third kappa shape index (κ3) is 2.44. The van der Waals surface area contributed by atoms with Crippen molar-refractivity contribution in [2.45, 2.75) is 24.1 Å². The Morgan fingerprint density at radius 1 is 1.47 bits per heavy atom. The van der Waals surface area contributed by atoms with Crippen molar-refractivity contribution >= 4 is 21.4 Å². The van der Waals surface area contributed by atoms with Gasteiger partial charge in [0.2, 0.25) is 0 Å². The molecule has 96 valence electrons. The molecule has 2 heterocycles. The summed E-state index contributed by atoms with van der Waals surface area (Å²) < 4.78 is 26.2. The van der Waals surface area contributed by atoms with Gasteiger partial charge in [0, 0.05) is 31.4 Å². The first-order valence-corrected chi connectivity index (χ1v) is 7.60. The van der Waals surface area contributed by atoms with Crippen molar-refractivity contribution in [3.05, 3.63) is 15.4 Å². The highest BCUT2D eigenvalue weighted by Gasteiger charge is 2.31. The number of piperazine rings is 1. The summed E-state index contributed by atoms with van der Waals surface area (Å²) in [6, 6.07) is 0.134. The van der Waals surface area contributed by atoms with Crippen LogP contribution in [-0.4, -0.2) is 43.4 Å². The Labute approximate surface area is 104 Å². The molecule has 2 N–H and O–H groups in total. The molecule has 1 aromatic rings. The van der Waals surface area contributed by atoms with Gasteiger partial charge in [0.25, 0.3) is 10.0 Å². The molecular formula is C9H15N3O3S2. The second-order valence-electron chi connectivity index (χ2n) is 4.15. The lowest BCUT2D eigenvalue weighted by Crippen LogP contribution is -2.51. The minimum absolute atomic E-state index is 0.134. The predicted octanol–water partition coefficient (Wildman–Crippen LogP) is -0.273. The summed E-state index contributed by atoms with van der Waals surface area (Å²) in [5.74, 6) is 0. The van der Waals surface area contributed by atoms with Gasteiger partial charge in [-0.25, -0.2) is 8.42 Å². The molecule has 6 nitrogen and oxygen atoms in total. The molecule has 0 aliphatic carbocycles. The lowest BCUT2D eigenvalue weighted by Gasteiger charge is -2.30. The summed E-state index contributed by atoms with van der Waals surface area (Å²) in [6.07, 6.45) is 0. The SMILES string of the molecule is Cc1[nH]c(=O)sc1S(=O)(=O)N1CCN[C@H](C)C1. The van der Waals surface area contributed by atoms with Crippen molar-refractivity contribution < 1.29 is 8.42 Å². The lowest BCUT2D eigenvalue weighted by atomic mass is 10.3. The molecule has 17 heavy (non-hydrogen) atoms. The number of nitrogens with one attached hydrogen (secondary N) is 2. The minimum atomic E-state index is -3.52. The Hall–Kier alpha value is -0.700. The van der Waals surface area contributed by atoms with Gasteiger partial charge in [-0.15, -0.1) is 0 Å². The topological polar surface area (TPSA) is 82.3 Å². The molecule has 0 aromatic carbocycles. The second kappa shape index (κ2) is 4.52. The second-order valence-corrected chi connectivity index (χ2v) is 7.26.